The second kappa shape index (κ2) is 6.81. The van der Waals surface area contributed by atoms with Crippen LogP contribution in [0, 0.1) is 0 Å². The molecule has 0 fully saturated rings. The van der Waals surface area contributed by atoms with Crippen LogP contribution in [-0.4, -0.2) is 21.0 Å². The molecule has 0 saturated heterocycles. The highest BCUT2D eigenvalue weighted by atomic mass is 35.5. The van der Waals surface area contributed by atoms with E-state index >= 15 is 0 Å². The summed E-state index contributed by atoms with van der Waals surface area (Å²) in [6.45, 7) is 11.1. The Labute approximate surface area is 132 Å². The van der Waals surface area contributed by atoms with Crippen LogP contribution >= 0.6 is 11.6 Å². The predicted molar refractivity (Wildman–Crippen MR) is 88.0 cm³/mol. The van der Waals surface area contributed by atoms with Crippen LogP contribution in [0.5, 0.6) is 0 Å². The quantitative estimate of drug-likeness (QED) is 0.809. The molecular formula is C15H24ClNO3Si. The van der Waals surface area contributed by atoms with E-state index in [1.54, 1.807) is 12.1 Å². The van der Waals surface area contributed by atoms with Gasteiger partial charge in [-0.2, -0.15) is 0 Å². The Morgan fingerprint density at radius 1 is 1.29 bits per heavy atom. The van der Waals surface area contributed by atoms with Crippen LogP contribution in [0.2, 0.25) is 23.2 Å². The molecule has 0 heterocycles. The van der Waals surface area contributed by atoms with Gasteiger partial charge < -0.3 is 14.9 Å². The number of carbonyl (C=O) groups excluding carboxylic acids is 1. The highest BCUT2D eigenvalue weighted by molar-refractivity contribution is 6.74. The van der Waals surface area contributed by atoms with Crippen molar-refractivity contribution in [2.45, 2.75) is 45.0 Å². The SMILES string of the molecule is CC(C)(C)[Si](C)(C)OCC(OC(N)=O)c1ccc(Cl)cc1. The average Bonchev–Trinajstić information content (AvgIpc) is 2.34. The molecule has 0 spiro atoms. The molecule has 0 aromatic heterocycles. The van der Waals surface area contributed by atoms with Crippen molar-refractivity contribution in [1.29, 1.82) is 0 Å². The molecular weight excluding hydrogens is 306 g/mol. The van der Waals surface area contributed by atoms with E-state index < -0.39 is 20.5 Å². The number of hydrogen-bond acceptors (Lipinski definition) is 3. The summed E-state index contributed by atoms with van der Waals surface area (Å²) in [5.41, 5.74) is 5.97. The van der Waals surface area contributed by atoms with Gasteiger partial charge in [-0.1, -0.05) is 44.5 Å². The molecule has 1 amide bonds. The van der Waals surface area contributed by atoms with Crippen LogP contribution in [0.4, 0.5) is 4.79 Å². The number of primary amides is 1. The van der Waals surface area contributed by atoms with Crippen molar-refractivity contribution >= 4 is 26.0 Å². The minimum atomic E-state index is -1.92. The van der Waals surface area contributed by atoms with Gasteiger partial charge >= 0.3 is 6.09 Å². The van der Waals surface area contributed by atoms with Crippen LogP contribution in [-0.2, 0) is 9.16 Å². The number of rotatable bonds is 5. The largest absolute Gasteiger partial charge is 0.439 e. The molecule has 0 radical (unpaired) electrons. The summed E-state index contributed by atoms with van der Waals surface area (Å²) in [6, 6.07) is 7.12. The minimum Gasteiger partial charge on any atom is -0.439 e. The monoisotopic (exact) mass is 329 g/mol. The van der Waals surface area contributed by atoms with Gasteiger partial charge in [0.2, 0.25) is 0 Å². The lowest BCUT2D eigenvalue weighted by Crippen LogP contribution is -2.42. The third-order valence-corrected chi connectivity index (χ3v) is 8.65. The summed E-state index contributed by atoms with van der Waals surface area (Å²) >= 11 is 5.87. The number of benzene rings is 1. The Bertz CT molecular complexity index is 483. The van der Waals surface area contributed by atoms with E-state index in [9.17, 15) is 4.79 Å². The first-order valence-electron chi connectivity index (χ1n) is 6.88. The molecule has 0 aliphatic heterocycles. The standard InChI is InChI=1S/C15H24ClNO3Si/c1-15(2,3)21(4,5)19-10-13(20-14(17)18)11-6-8-12(16)9-7-11/h6-9,13H,10H2,1-5H3,(H2,17,18). The smallest absolute Gasteiger partial charge is 0.405 e. The van der Waals surface area contributed by atoms with Gasteiger partial charge in [0, 0.05) is 5.02 Å². The van der Waals surface area contributed by atoms with Crippen LogP contribution in [0.3, 0.4) is 0 Å². The molecule has 6 heteroatoms. The lowest BCUT2D eigenvalue weighted by atomic mass is 10.1. The minimum absolute atomic E-state index is 0.0876. The van der Waals surface area contributed by atoms with Crippen molar-refractivity contribution in [3.05, 3.63) is 34.9 Å². The summed E-state index contributed by atoms with van der Waals surface area (Å²) in [5, 5.41) is 0.714. The molecule has 0 aliphatic carbocycles. The fourth-order valence-corrected chi connectivity index (χ4v) is 2.64. The van der Waals surface area contributed by atoms with E-state index in [0.29, 0.717) is 11.6 Å². The Morgan fingerprint density at radius 3 is 2.24 bits per heavy atom. The van der Waals surface area contributed by atoms with Gasteiger partial charge in [-0.25, -0.2) is 4.79 Å². The Hall–Kier alpha value is -1.04. The molecule has 0 bridgehead atoms. The van der Waals surface area contributed by atoms with E-state index in [1.807, 2.05) is 12.1 Å². The van der Waals surface area contributed by atoms with Crippen molar-refractivity contribution in [3.8, 4) is 0 Å². The van der Waals surface area contributed by atoms with Crippen LogP contribution in [0.25, 0.3) is 0 Å². The van der Waals surface area contributed by atoms with Crippen LogP contribution in [0.15, 0.2) is 24.3 Å². The number of hydrogen-bond donors (Lipinski definition) is 1. The topological polar surface area (TPSA) is 61.6 Å². The molecule has 1 unspecified atom stereocenters. The fraction of sp³-hybridized carbons (Fsp3) is 0.533. The molecule has 1 rings (SSSR count). The molecule has 21 heavy (non-hydrogen) atoms. The lowest BCUT2D eigenvalue weighted by molar-refractivity contribution is 0.0668. The summed E-state index contributed by atoms with van der Waals surface area (Å²) in [4.78, 5) is 11.1. The van der Waals surface area contributed by atoms with Crippen molar-refractivity contribution in [1.82, 2.24) is 0 Å². The molecule has 2 N–H and O–H groups in total. The number of nitrogens with two attached hydrogens (primary N) is 1. The summed E-state index contributed by atoms with van der Waals surface area (Å²) in [6.07, 6.45) is -1.33. The maximum atomic E-state index is 11.1. The first kappa shape index (κ1) is 18.0. The number of halogens is 1. The van der Waals surface area contributed by atoms with Gasteiger partial charge in [0.1, 0.15) is 0 Å². The highest BCUT2D eigenvalue weighted by Crippen LogP contribution is 2.37. The van der Waals surface area contributed by atoms with Gasteiger partial charge in [-0.3, -0.25) is 0 Å². The zero-order chi connectivity index (χ0) is 16.3. The maximum Gasteiger partial charge on any atom is 0.405 e. The second-order valence-electron chi connectivity index (χ2n) is 6.55. The fourth-order valence-electron chi connectivity index (χ4n) is 1.52. The third kappa shape index (κ3) is 5.34. The molecule has 1 aromatic carbocycles. The van der Waals surface area contributed by atoms with Crippen molar-refractivity contribution in [2.75, 3.05) is 6.61 Å². The average molecular weight is 330 g/mol. The molecule has 4 nitrogen and oxygen atoms in total. The van der Waals surface area contributed by atoms with Gasteiger partial charge in [-0.05, 0) is 35.8 Å². The Kier molecular flexibility index (Phi) is 5.84. The molecule has 0 aliphatic rings. The number of ether oxygens (including phenoxy) is 1. The molecule has 1 aromatic rings. The normalized spacial score (nSPS) is 13.8. The predicted octanol–water partition coefficient (Wildman–Crippen LogP) is 4.50. The number of amides is 1. The Morgan fingerprint density at radius 2 is 1.81 bits per heavy atom. The summed E-state index contributed by atoms with van der Waals surface area (Å²) in [7, 11) is -1.92. The summed E-state index contributed by atoms with van der Waals surface area (Å²) < 4.78 is 11.3. The number of carbonyl (C=O) groups is 1. The van der Waals surface area contributed by atoms with E-state index in [4.69, 9.17) is 26.5 Å². The zero-order valence-corrected chi connectivity index (χ0v) is 15.0. The lowest BCUT2D eigenvalue weighted by Gasteiger charge is -2.37. The third-order valence-electron chi connectivity index (χ3n) is 3.90. The van der Waals surface area contributed by atoms with Gasteiger partial charge in [0.05, 0.1) is 6.61 Å². The molecule has 1 atom stereocenters. The first-order valence-corrected chi connectivity index (χ1v) is 10.2. The maximum absolute atomic E-state index is 11.1. The van der Waals surface area contributed by atoms with Gasteiger partial charge in [0.25, 0.3) is 0 Å². The molecule has 0 saturated carbocycles. The van der Waals surface area contributed by atoms with E-state index in [0.717, 1.165) is 5.56 Å². The van der Waals surface area contributed by atoms with Gasteiger partial charge in [-0.15, -0.1) is 0 Å². The zero-order valence-electron chi connectivity index (χ0n) is 13.3. The van der Waals surface area contributed by atoms with E-state index in [1.165, 1.54) is 0 Å². The van der Waals surface area contributed by atoms with Crippen LogP contribution in [0.1, 0.15) is 32.4 Å². The Balaban J connectivity index is 2.85. The van der Waals surface area contributed by atoms with Gasteiger partial charge in [0.15, 0.2) is 14.4 Å². The van der Waals surface area contributed by atoms with E-state index in [2.05, 4.69) is 33.9 Å². The highest BCUT2D eigenvalue weighted by Gasteiger charge is 2.38. The van der Waals surface area contributed by atoms with Crippen LogP contribution < -0.4 is 5.73 Å². The second-order valence-corrected chi connectivity index (χ2v) is 11.8. The van der Waals surface area contributed by atoms with Crippen molar-refractivity contribution in [2.24, 2.45) is 5.73 Å². The van der Waals surface area contributed by atoms with E-state index in [-0.39, 0.29) is 5.04 Å². The summed E-state index contributed by atoms with van der Waals surface area (Å²) in [5.74, 6) is 0. The van der Waals surface area contributed by atoms with Crippen molar-refractivity contribution < 1.29 is 14.0 Å². The van der Waals surface area contributed by atoms with Crippen molar-refractivity contribution in [3.63, 3.8) is 0 Å². The molecule has 118 valence electrons. The first-order chi connectivity index (χ1) is 9.53.